The molecule has 0 saturated heterocycles. The van der Waals surface area contributed by atoms with Crippen molar-refractivity contribution in [1.29, 1.82) is 0 Å². The highest BCUT2D eigenvalue weighted by atomic mass is 79.9. The Kier molecular flexibility index (Phi) is 13.0. The van der Waals surface area contributed by atoms with Crippen molar-refractivity contribution in [2.75, 3.05) is 19.8 Å². The Balaban J connectivity index is 1.73. The number of hydrogen-bond donors (Lipinski definition) is 3. The minimum atomic E-state index is -1.36. The van der Waals surface area contributed by atoms with Crippen LogP contribution < -0.4 is 16.0 Å². The molecule has 1 aromatic heterocycles. The van der Waals surface area contributed by atoms with E-state index >= 15 is 0 Å². The molecule has 11 nitrogen and oxygen atoms in total. The molecule has 0 aliphatic heterocycles. The third-order valence-electron chi connectivity index (χ3n) is 6.66. The molecule has 2 atom stereocenters. The second-order valence-electron chi connectivity index (χ2n) is 9.78. The van der Waals surface area contributed by atoms with Gasteiger partial charge in [0, 0.05) is 0 Å². The summed E-state index contributed by atoms with van der Waals surface area (Å²) in [4.78, 5) is 63.7. The average Bonchev–Trinajstić information content (AvgIpc) is 3.42. The Hall–Kier alpha value is -3.51. The van der Waals surface area contributed by atoms with Gasteiger partial charge in [-0.1, -0.05) is 62.4 Å². The zero-order chi connectivity index (χ0) is 29.6. The Morgan fingerprint density at radius 3 is 2.37 bits per heavy atom. The van der Waals surface area contributed by atoms with Crippen molar-refractivity contribution >= 4 is 45.4 Å². The minimum absolute atomic E-state index is 0.0236. The number of benzene rings is 1. The molecule has 3 amide bonds. The van der Waals surface area contributed by atoms with E-state index in [0.29, 0.717) is 11.1 Å². The average molecular weight is 635 g/mol. The maximum atomic E-state index is 13.5. The summed E-state index contributed by atoms with van der Waals surface area (Å²) in [5.74, 6) is -3.74. The molecule has 2 aromatic rings. The highest BCUT2D eigenvalue weighted by Crippen LogP contribution is 2.27. The number of esters is 1. The van der Waals surface area contributed by atoms with E-state index in [4.69, 9.17) is 13.9 Å². The van der Waals surface area contributed by atoms with Crippen LogP contribution in [0.4, 0.5) is 0 Å². The topological polar surface area (TPSA) is 153 Å². The molecule has 3 rings (SSSR count). The van der Waals surface area contributed by atoms with Gasteiger partial charge in [-0.05, 0) is 52.9 Å². The summed E-state index contributed by atoms with van der Waals surface area (Å²) >= 11 is 3.16. The molecule has 1 saturated carbocycles. The summed E-state index contributed by atoms with van der Waals surface area (Å²) in [5.41, 5.74) is 0.837. The zero-order valence-electron chi connectivity index (χ0n) is 23.0. The summed E-state index contributed by atoms with van der Waals surface area (Å²) in [6.07, 6.45) is 5.40. The molecule has 1 fully saturated rings. The van der Waals surface area contributed by atoms with Gasteiger partial charge in [0.15, 0.2) is 10.4 Å². The molecule has 41 heavy (non-hydrogen) atoms. The first-order valence-corrected chi connectivity index (χ1v) is 14.5. The van der Waals surface area contributed by atoms with E-state index in [1.165, 1.54) is 6.07 Å². The van der Waals surface area contributed by atoms with Gasteiger partial charge in [-0.2, -0.15) is 0 Å². The van der Waals surface area contributed by atoms with Crippen molar-refractivity contribution in [2.45, 2.75) is 64.1 Å². The van der Waals surface area contributed by atoms with Gasteiger partial charge in [0.2, 0.25) is 11.7 Å². The van der Waals surface area contributed by atoms with Crippen molar-refractivity contribution in [2.24, 2.45) is 5.92 Å². The van der Waals surface area contributed by atoms with Crippen molar-refractivity contribution in [3.05, 3.63) is 58.5 Å². The fourth-order valence-corrected chi connectivity index (χ4v) is 4.89. The normalized spacial score (nSPS) is 14.9. The number of halogens is 1. The van der Waals surface area contributed by atoms with Crippen LogP contribution in [0.25, 0.3) is 0 Å². The lowest BCUT2D eigenvalue weighted by Crippen LogP contribution is -2.56. The fourth-order valence-electron chi connectivity index (χ4n) is 4.59. The maximum absolute atomic E-state index is 13.5. The van der Waals surface area contributed by atoms with Gasteiger partial charge in [-0.25, -0.2) is 0 Å². The number of carbonyl (C=O) groups is 5. The number of hydrogen-bond acceptors (Lipinski definition) is 8. The van der Waals surface area contributed by atoms with Gasteiger partial charge < -0.3 is 29.8 Å². The number of furan rings is 1. The zero-order valence-corrected chi connectivity index (χ0v) is 24.6. The van der Waals surface area contributed by atoms with Crippen molar-refractivity contribution in [3.63, 3.8) is 0 Å². The highest BCUT2D eigenvalue weighted by Gasteiger charge is 2.33. The molecule has 1 aliphatic rings. The lowest BCUT2D eigenvalue weighted by molar-refractivity contribution is -0.146. The molecule has 1 aliphatic carbocycles. The quantitative estimate of drug-likeness (QED) is 0.200. The molecule has 222 valence electrons. The van der Waals surface area contributed by atoms with Gasteiger partial charge in [0.05, 0.1) is 19.8 Å². The molecular weight excluding hydrogens is 598 g/mol. The van der Waals surface area contributed by atoms with Crippen LogP contribution in [0.3, 0.4) is 0 Å². The summed E-state index contributed by atoms with van der Waals surface area (Å²) < 4.78 is 16.2. The van der Waals surface area contributed by atoms with Crippen molar-refractivity contribution in [1.82, 2.24) is 16.0 Å². The van der Waals surface area contributed by atoms with E-state index in [2.05, 4.69) is 31.9 Å². The summed E-state index contributed by atoms with van der Waals surface area (Å²) in [7, 11) is 0. The number of rotatable bonds is 15. The first-order chi connectivity index (χ1) is 19.8. The lowest BCUT2D eigenvalue weighted by atomic mass is 9.84. The Morgan fingerprint density at radius 2 is 1.71 bits per heavy atom. The van der Waals surface area contributed by atoms with Crippen LogP contribution in [-0.2, 0) is 35.3 Å². The van der Waals surface area contributed by atoms with Crippen LogP contribution >= 0.6 is 15.9 Å². The van der Waals surface area contributed by atoms with Crippen LogP contribution in [0, 0.1) is 5.92 Å². The standard InChI is InChI=1S/C29H36BrN3O8/c1-2-40-25(34)16-31-29(38)26(35)22(18-39-17-20-11-7-4-8-12-20)33-27(36)21(15-19-9-5-3-6-10-19)32-28(37)23-13-14-24(30)41-23/h4,7-8,11-14,19,21-22H,2-3,5-6,9-10,15-18H2,1H3,(H,31,38)(H,32,37)(H,33,36)/t21-,22?/m1/s1. The molecule has 0 bridgehead atoms. The first kappa shape index (κ1) is 32.0. The van der Waals surface area contributed by atoms with E-state index < -0.39 is 48.1 Å². The fraction of sp³-hybridized carbons (Fsp3) is 0.483. The van der Waals surface area contributed by atoms with Gasteiger partial charge in [0.1, 0.15) is 18.6 Å². The molecule has 1 aromatic carbocycles. The highest BCUT2D eigenvalue weighted by molar-refractivity contribution is 9.10. The molecule has 0 radical (unpaired) electrons. The number of amides is 3. The molecule has 1 unspecified atom stereocenters. The predicted octanol–water partition coefficient (Wildman–Crippen LogP) is 3.06. The molecule has 0 spiro atoms. The third kappa shape index (κ3) is 10.8. The number of Topliss-reactive ketones (excluding diaryl/α,β-unsaturated/α-hetero) is 1. The second-order valence-corrected chi connectivity index (χ2v) is 10.6. The van der Waals surface area contributed by atoms with Crippen molar-refractivity contribution < 1.29 is 37.9 Å². The monoisotopic (exact) mass is 633 g/mol. The molecule has 3 N–H and O–H groups in total. The van der Waals surface area contributed by atoms with Gasteiger partial charge in [-0.15, -0.1) is 0 Å². The van der Waals surface area contributed by atoms with E-state index in [1.807, 2.05) is 30.3 Å². The first-order valence-electron chi connectivity index (χ1n) is 13.7. The predicted molar refractivity (Wildman–Crippen MR) is 152 cm³/mol. The number of nitrogens with one attached hydrogen (secondary N) is 3. The molecule has 12 heteroatoms. The molecular formula is C29H36BrN3O8. The summed E-state index contributed by atoms with van der Waals surface area (Å²) in [6.45, 7) is 1.08. The smallest absolute Gasteiger partial charge is 0.325 e. The lowest BCUT2D eigenvalue weighted by Gasteiger charge is -2.27. The number of carbonyl (C=O) groups excluding carboxylic acids is 5. The minimum Gasteiger partial charge on any atom is -0.465 e. The largest absolute Gasteiger partial charge is 0.465 e. The Morgan fingerprint density at radius 1 is 0.976 bits per heavy atom. The second kappa shape index (κ2) is 16.7. The van der Waals surface area contributed by atoms with E-state index in [0.717, 1.165) is 37.7 Å². The SMILES string of the molecule is CCOC(=O)CNC(=O)C(=O)C(COCc1ccccc1)NC(=O)[C@@H](CC1CCCCC1)NC(=O)c1ccc(Br)o1. The van der Waals surface area contributed by atoms with E-state index in [1.54, 1.807) is 13.0 Å². The van der Waals surface area contributed by atoms with Gasteiger partial charge in [0.25, 0.3) is 11.8 Å². The third-order valence-corrected chi connectivity index (χ3v) is 7.09. The number of ketones is 1. The van der Waals surface area contributed by atoms with Crippen LogP contribution in [-0.4, -0.2) is 61.3 Å². The van der Waals surface area contributed by atoms with E-state index in [9.17, 15) is 24.0 Å². The maximum Gasteiger partial charge on any atom is 0.325 e. The van der Waals surface area contributed by atoms with E-state index in [-0.39, 0.29) is 31.5 Å². The Bertz CT molecular complexity index is 1180. The van der Waals surface area contributed by atoms with Crippen LogP contribution in [0.2, 0.25) is 0 Å². The Labute approximate surface area is 247 Å². The van der Waals surface area contributed by atoms with Crippen molar-refractivity contribution in [3.8, 4) is 0 Å². The number of ether oxygens (including phenoxy) is 2. The molecule has 1 heterocycles. The van der Waals surface area contributed by atoms with Gasteiger partial charge in [-0.3, -0.25) is 24.0 Å². The van der Waals surface area contributed by atoms with Crippen LogP contribution in [0.5, 0.6) is 0 Å². The summed E-state index contributed by atoms with van der Waals surface area (Å²) in [5, 5.41) is 7.55. The van der Waals surface area contributed by atoms with Crippen LogP contribution in [0.15, 0.2) is 51.6 Å². The summed E-state index contributed by atoms with van der Waals surface area (Å²) in [6, 6.07) is 9.90. The van der Waals surface area contributed by atoms with Crippen LogP contribution in [0.1, 0.15) is 61.6 Å². The van der Waals surface area contributed by atoms with Gasteiger partial charge >= 0.3 is 5.97 Å².